The van der Waals surface area contributed by atoms with Gasteiger partial charge in [0.1, 0.15) is 0 Å². The molecule has 2 N–H and O–H groups in total. The number of carbonyl (C=O) groups is 2. The van der Waals surface area contributed by atoms with E-state index in [1.807, 2.05) is 32.0 Å². The summed E-state index contributed by atoms with van der Waals surface area (Å²) in [6.45, 7) is 8.50. The van der Waals surface area contributed by atoms with E-state index in [1.54, 1.807) is 20.8 Å². The average molecular weight is 419 g/mol. The van der Waals surface area contributed by atoms with E-state index in [4.69, 9.17) is 4.74 Å². The van der Waals surface area contributed by atoms with Crippen LogP contribution in [-0.2, 0) is 19.6 Å². The second-order valence-corrected chi connectivity index (χ2v) is 9.57. The van der Waals surface area contributed by atoms with E-state index < -0.39 is 34.0 Å². The van der Waals surface area contributed by atoms with Gasteiger partial charge < -0.3 is 10.1 Å². The molecule has 0 fully saturated rings. The van der Waals surface area contributed by atoms with Crippen molar-refractivity contribution in [1.82, 2.24) is 4.72 Å². The third kappa shape index (κ3) is 6.99. The van der Waals surface area contributed by atoms with Crippen molar-refractivity contribution in [2.75, 3.05) is 11.9 Å². The quantitative estimate of drug-likeness (QED) is 0.702. The van der Waals surface area contributed by atoms with Crippen molar-refractivity contribution in [2.24, 2.45) is 0 Å². The maximum atomic E-state index is 12.4. The van der Waals surface area contributed by atoms with Crippen molar-refractivity contribution in [2.45, 2.75) is 45.1 Å². The highest BCUT2D eigenvalue weighted by Crippen LogP contribution is 2.16. The number of nitrogens with one attached hydrogen (secondary N) is 2. The Hall–Kier alpha value is -2.71. The zero-order chi connectivity index (χ0) is 21.8. The topological polar surface area (TPSA) is 102 Å². The Bertz CT molecular complexity index is 1000. The number of carbonyl (C=O) groups excluding carboxylic acids is 2. The van der Waals surface area contributed by atoms with Gasteiger partial charge in [0.2, 0.25) is 10.0 Å². The van der Waals surface area contributed by atoms with E-state index in [1.165, 1.54) is 24.3 Å². The summed E-state index contributed by atoms with van der Waals surface area (Å²) in [5.41, 5.74) is 1.99. The van der Waals surface area contributed by atoms with Crippen LogP contribution >= 0.6 is 0 Å². The van der Waals surface area contributed by atoms with Gasteiger partial charge in [-0.3, -0.25) is 4.79 Å². The van der Waals surface area contributed by atoms with Gasteiger partial charge in [0.15, 0.2) is 6.61 Å². The molecule has 0 aliphatic rings. The number of hydrogen-bond donors (Lipinski definition) is 2. The van der Waals surface area contributed by atoms with Crippen molar-refractivity contribution < 1.29 is 22.7 Å². The molecule has 0 heterocycles. The molecule has 0 saturated heterocycles. The van der Waals surface area contributed by atoms with Crippen LogP contribution in [0.5, 0.6) is 0 Å². The fourth-order valence-electron chi connectivity index (χ4n) is 2.71. The first-order valence-electron chi connectivity index (χ1n) is 9.05. The van der Waals surface area contributed by atoms with Gasteiger partial charge in [-0.2, -0.15) is 0 Å². The van der Waals surface area contributed by atoms with Crippen molar-refractivity contribution in [3.63, 3.8) is 0 Å². The normalized spacial score (nSPS) is 11.8. The second kappa shape index (κ2) is 8.75. The number of esters is 1. The summed E-state index contributed by atoms with van der Waals surface area (Å²) in [6.07, 6.45) is 0. The molecular weight excluding hydrogens is 392 g/mol. The predicted molar refractivity (Wildman–Crippen MR) is 111 cm³/mol. The van der Waals surface area contributed by atoms with Crippen molar-refractivity contribution in [3.05, 3.63) is 59.2 Å². The number of anilines is 1. The highest BCUT2D eigenvalue weighted by atomic mass is 32.2. The lowest BCUT2D eigenvalue weighted by Crippen LogP contribution is -2.40. The first kappa shape index (κ1) is 22.6. The molecule has 0 aliphatic carbocycles. The molecule has 0 saturated carbocycles. The molecule has 0 atom stereocenters. The van der Waals surface area contributed by atoms with Gasteiger partial charge in [0, 0.05) is 11.2 Å². The maximum Gasteiger partial charge on any atom is 0.338 e. The van der Waals surface area contributed by atoms with E-state index in [0.29, 0.717) is 5.69 Å². The van der Waals surface area contributed by atoms with E-state index >= 15 is 0 Å². The molecule has 2 rings (SSSR count). The smallest absolute Gasteiger partial charge is 0.338 e. The number of ether oxygens (including phenoxy) is 1. The van der Waals surface area contributed by atoms with Crippen LogP contribution in [0.1, 0.15) is 42.3 Å². The summed E-state index contributed by atoms with van der Waals surface area (Å²) in [5.74, 6) is -1.27. The van der Waals surface area contributed by atoms with Gasteiger partial charge in [-0.05, 0) is 76.1 Å². The summed E-state index contributed by atoms with van der Waals surface area (Å²) in [5, 5.41) is 2.67. The van der Waals surface area contributed by atoms with Crippen molar-refractivity contribution >= 4 is 27.6 Å². The summed E-state index contributed by atoms with van der Waals surface area (Å²) in [4.78, 5) is 24.3. The Morgan fingerprint density at radius 2 is 1.62 bits per heavy atom. The Kier molecular flexibility index (Phi) is 6.81. The van der Waals surface area contributed by atoms with Crippen LogP contribution in [0.2, 0.25) is 0 Å². The zero-order valence-electron chi connectivity index (χ0n) is 17.2. The third-order valence-electron chi connectivity index (χ3n) is 3.66. The molecule has 29 heavy (non-hydrogen) atoms. The molecule has 2 aromatic rings. The largest absolute Gasteiger partial charge is 0.452 e. The minimum absolute atomic E-state index is 0.0426. The number of rotatable bonds is 6. The maximum absolute atomic E-state index is 12.4. The monoisotopic (exact) mass is 418 g/mol. The van der Waals surface area contributed by atoms with Crippen LogP contribution in [0.3, 0.4) is 0 Å². The van der Waals surface area contributed by atoms with Gasteiger partial charge >= 0.3 is 5.97 Å². The van der Waals surface area contributed by atoms with E-state index in [9.17, 15) is 18.0 Å². The lowest BCUT2D eigenvalue weighted by atomic mass is 10.1. The summed E-state index contributed by atoms with van der Waals surface area (Å²) in [7, 11) is -3.79. The molecule has 0 radical (unpaired) electrons. The highest BCUT2D eigenvalue weighted by molar-refractivity contribution is 7.89. The molecule has 0 unspecified atom stereocenters. The second-order valence-electron chi connectivity index (χ2n) is 7.88. The standard InChI is InChI=1S/C21H26N2O5S/c1-14-9-15(2)11-17(10-14)22-19(24)13-28-20(25)16-7-6-8-18(12-16)29(26,27)23-21(3,4)5/h6-12,23H,13H2,1-5H3,(H,22,24). The van der Waals surface area contributed by atoms with Crippen LogP contribution in [0.4, 0.5) is 5.69 Å². The molecule has 8 heteroatoms. The first-order chi connectivity index (χ1) is 13.4. The first-order valence-corrected chi connectivity index (χ1v) is 10.5. The van der Waals surface area contributed by atoms with Crippen molar-refractivity contribution in [1.29, 1.82) is 0 Å². The van der Waals surface area contributed by atoms with Crippen LogP contribution in [0.15, 0.2) is 47.4 Å². The SMILES string of the molecule is Cc1cc(C)cc(NC(=O)COC(=O)c2cccc(S(=O)(=O)NC(C)(C)C)c2)c1. The summed E-state index contributed by atoms with van der Waals surface area (Å²) < 4.78 is 32.4. The van der Waals surface area contributed by atoms with Gasteiger partial charge in [-0.1, -0.05) is 12.1 Å². The Morgan fingerprint density at radius 1 is 1.00 bits per heavy atom. The number of hydrogen-bond acceptors (Lipinski definition) is 5. The number of amides is 1. The molecule has 0 spiro atoms. The van der Waals surface area contributed by atoms with Gasteiger partial charge in [-0.15, -0.1) is 0 Å². The molecule has 7 nitrogen and oxygen atoms in total. The molecule has 0 bridgehead atoms. The Labute approximate surface area is 171 Å². The number of aryl methyl sites for hydroxylation is 2. The lowest BCUT2D eigenvalue weighted by Gasteiger charge is -2.20. The van der Waals surface area contributed by atoms with E-state index in [-0.39, 0.29) is 10.5 Å². The molecule has 156 valence electrons. The molecule has 2 aromatic carbocycles. The molecule has 0 aliphatic heterocycles. The fourth-order valence-corrected chi connectivity index (χ4v) is 4.17. The lowest BCUT2D eigenvalue weighted by molar-refractivity contribution is -0.119. The van der Waals surface area contributed by atoms with Crippen LogP contribution in [0.25, 0.3) is 0 Å². The summed E-state index contributed by atoms with van der Waals surface area (Å²) >= 11 is 0. The highest BCUT2D eigenvalue weighted by Gasteiger charge is 2.23. The Morgan fingerprint density at radius 3 is 2.21 bits per heavy atom. The van der Waals surface area contributed by atoms with E-state index in [2.05, 4.69) is 10.0 Å². The van der Waals surface area contributed by atoms with E-state index in [0.717, 1.165) is 11.1 Å². The third-order valence-corrected chi connectivity index (χ3v) is 5.42. The predicted octanol–water partition coefficient (Wildman–Crippen LogP) is 3.18. The minimum atomic E-state index is -3.79. The van der Waals surface area contributed by atoms with Crippen LogP contribution < -0.4 is 10.0 Å². The van der Waals surface area contributed by atoms with Crippen LogP contribution in [-0.4, -0.2) is 32.4 Å². The minimum Gasteiger partial charge on any atom is -0.452 e. The molecule has 0 aromatic heterocycles. The zero-order valence-corrected chi connectivity index (χ0v) is 18.0. The fraction of sp³-hybridized carbons (Fsp3) is 0.333. The molecular formula is C21H26N2O5S. The van der Waals surface area contributed by atoms with Gasteiger partial charge in [-0.25, -0.2) is 17.9 Å². The Balaban J connectivity index is 2.03. The summed E-state index contributed by atoms with van der Waals surface area (Å²) in [6, 6.07) is 11.1. The average Bonchev–Trinajstić information content (AvgIpc) is 2.57. The van der Waals surface area contributed by atoms with Gasteiger partial charge in [0.05, 0.1) is 10.5 Å². The van der Waals surface area contributed by atoms with Crippen molar-refractivity contribution in [3.8, 4) is 0 Å². The van der Waals surface area contributed by atoms with Crippen LogP contribution in [0, 0.1) is 13.8 Å². The number of sulfonamides is 1. The van der Waals surface area contributed by atoms with Gasteiger partial charge in [0.25, 0.3) is 5.91 Å². The molecule has 1 amide bonds. The number of benzene rings is 2.